The predicted molar refractivity (Wildman–Crippen MR) is 137 cm³/mol. The Balaban J connectivity index is 1.36. The van der Waals surface area contributed by atoms with Crippen LogP contribution >= 0.6 is 0 Å². The maximum absolute atomic E-state index is 13.0. The quantitative estimate of drug-likeness (QED) is 0.460. The van der Waals surface area contributed by atoms with Crippen LogP contribution in [0.25, 0.3) is 0 Å². The fraction of sp³-hybridized carbons (Fsp3) is 0.444. The number of anilines is 2. The van der Waals surface area contributed by atoms with Gasteiger partial charge in [0, 0.05) is 30.9 Å². The molecule has 2 aromatic rings. The second kappa shape index (κ2) is 11.9. The molecule has 3 N–H and O–H groups in total. The van der Waals surface area contributed by atoms with Crippen molar-refractivity contribution in [2.24, 2.45) is 5.92 Å². The average Bonchev–Trinajstić information content (AvgIpc) is 3.33. The zero-order chi connectivity index (χ0) is 25.5. The number of unbranched alkanes of at least 4 members (excludes halogenated alkanes) is 1. The first kappa shape index (κ1) is 25.5. The van der Waals surface area contributed by atoms with Crippen LogP contribution in [0.3, 0.4) is 0 Å². The second-order valence-corrected chi connectivity index (χ2v) is 9.31. The standard InChI is InChI=1S/C27H34N4O5/c1-3-4-13-28-26(33)19-10-9-18(2)31(15-19)16-25(32)30-22-8-6-5-7-21(22)27(34)29-20-11-12-23-24(14-20)36-17-35-23/h5-8,11-12,14,18-19H,3-4,9-10,13,15-17H2,1-2H3,(H,28,33)(H,29,34)(H,30,32). The van der Waals surface area contributed by atoms with E-state index in [-0.39, 0.29) is 43.0 Å². The van der Waals surface area contributed by atoms with Gasteiger partial charge in [0.1, 0.15) is 0 Å². The molecule has 2 unspecified atom stereocenters. The van der Waals surface area contributed by atoms with E-state index in [1.807, 2.05) is 4.90 Å². The average molecular weight is 495 g/mol. The van der Waals surface area contributed by atoms with Crippen molar-refractivity contribution in [1.29, 1.82) is 0 Å². The molecule has 0 radical (unpaired) electrons. The van der Waals surface area contributed by atoms with Gasteiger partial charge in [-0.3, -0.25) is 19.3 Å². The lowest BCUT2D eigenvalue weighted by Crippen LogP contribution is -2.49. The molecule has 1 fully saturated rings. The molecule has 0 bridgehead atoms. The topological polar surface area (TPSA) is 109 Å². The normalized spacial score (nSPS) is 18.9. The summed E-state index contributed by atoms with van der Waals surface area (Å²) in [5.41, 5.74) is 1.35. The Hall–Kier alpha value is -3.59. The number of rotatable bonds is 9. The summed E-state index contributed by atoms with van der Waals surface area (Å²) < 4.78 is 10.7. The van der Waals surface area contributed by atoms with Gasteiger partial charge in [-0.2, -0.15) is 0 Å². The molecule has 2 aromatic carbocycles. The molecule has 1 saturated heterocycles. The number of fused-ring (bicyclic) bond motifs is 1. The van der Waals surface area contributed by atoms with E-state index in [4.69, 9.17) is 9.47 Å². The number of para-hydroxylation sites is 1. The zero-order valence-electron chi connectivity index (χ0n) is 20.8. The molecule has 3 amide bonds. The van der Waals surface area contributed by atoms with Crippen LogP contribution in [0.5, 0.6) is 11.5 Å². The number of ether oxygens (including phenoxy) is 2. The first-order chi connectivity index (χ1) is 17.4. The van der Waals surface area contributed by atoms with Gasteiger partial charge in [-0.15, -0.1) is 0 Å². The second-order valence-electron chi connectivity index (χ2n) is 9.31. The van der Waals surface area contributed by atoms with Gasteiger partial charge in [0.15, 0.2) is 11.5 Å². The fourth-order valence-electron chi connectivity index (χ4n) is 4.48. The Morgan fingerprint density at radius 3 is 2.67 bits per heavy atom. The fourth-order valence-corrected chi connectivity index (χ4v) is 4.48. The Morgan fingerprint density at radius 1 is 1.03 bits per heavy atom. The number of amides is 3. The molecular weight excluding hydrogens is 460 g/mol. The molecule has 0 aromatic heterocycles. The highest BCUT2D eigenvalue weighted by molar-refractivity contribution is 6.10. The zero-order valence-corrected chi connectivity index (χ0v) is 20.8. The lowest BCUT2D eigenvalue weighted by Gasteiger charge is -2.36. The first-order valence-electron chi connectivity index (χ1n) is 12.6. The predicted octanol–water partition coefficient (Wildman–Crippen LogP) is 3.62. The molecule has 0 aliphatic carbocycles. The summed E-state index contributed by atoms with van der Waals surface area (Å²) in [6.45, 7) is 5.70. The molecule has 2 heterocycles. The van der Waals surface area contributed by atoms with E-state index in [1.54, 1.807) is 42.5 Å². The minimum Gasteiger partial charge on any atom is -0.454 e. The van der Waals surface area contributed by atoms with E-state index >= 15 is 0 Å². The summed E-state index contributed by atoms with van der Waals surface area (Å²) >= 11 is 0. The van der Waals surface area contributed by atoms with Crippen molar-refractivity contribution in [3.63, 3.8) is 0 Å². The van der Waals surface area contributed by atoms with Gasteiger partial charge < -0.3 is 25.4 Å². The van der Waals surface area contributed by atoms with Gasteiger partial charge in [0.25, 0.3) is 5.91 Å². The Bertz CT molecular complexity index is 1110. The van der Waals surface area contributed by atoms with Crippen LogP contribution in [-0.4, -0.2) is 55.1 Å². The van der Waals surface area contributed by atoms with Crippen molar-refractivity contribution in [2.75, 3.05) is 37.1 Å². The van der Waals surface area contributed by atoms with E-state index in [1.165, 1.54) is 0 Å². The number of hydrogen-bond donors (Lipinski definition) is 3. The number of benzene rings is 2. The van der Waals surface area contributed by atoms with E-state index in [0.29, 0.717) is 41.5 Å². The van der Waals surface area contributed by atoms with Gasteiger partial charge in [-0.05, 0) is 50.5 Å². The number of nitrogens with zero attached hydrogens (tertiary/aromatic N) is 1. The molecule has 2 aliphatic rings. The van der Waals surface area contributed by atoms with Gasteiger partial charge >= 0.3 is 0 Å². The van der Waals surface area contributed by atoms with Crippen LogP contribution in [-0.2, 0) is 9.59 Å². The molecule has 2 aliphatic heterocycles. The minimum atomic E-state index is -0.347. The molecule has 9 heteroatoms. The van der Waals surface area contributed by atoms with Crippen molar-refractivity contribution < 1.29 is 23.9 Å². The van der Waals surface area contributed by atoms with Gasteiger partial charge in [-0.25, -0.2) is 0 Å². The van der Waals surface area contributed by atoms with Gasteiger partial charge in [0.05, 0.1) is 23.7 Å². The van der Waals surface area contributed by atoms with Crippen molar-refractivity contribution >= 4 is 29.1 Å². The summed E-state index contributed by atoms with van der Waals surface area (Å²) in [7, 11) is 0. The van der Waals surface area contributed by atoms with Crippen LogP contribution < -0.4 is 25.4 Å². The maximum Gasteiger partial charge on any atom is 0.257 e. The van der Waals surface area contributed by atoms with Crippen LogP contribution in [0.1, 0.15) is 49.9 Å². The van der Waals surface area contributed by atoms with Crippen LogP contribution in [0.15, 0.2) is 42.5 Å². The summed E-state index contributed by atoms with van der Waals surface area (Å²) in [5, 5.41) is 8.74. The van der Waals surface area contributed by atoms with Crippen molar-refractivity contribution in [3.05, 3.63) is 48.0 Å². The summed E-state index contributed by atoms with van der Waals surface area (Å²) in [6, 6.07) is 12.3. The van der Waals surface area contributed by atoms with E-state index in [0.717, 1.165) is 25.7 Å². The molecular formula is C27H34N4O5. The summed E-state index contributed by atoms with van der Waals surface area (Å²) in [5.74, 6) is 0.574. The molecule has 9 nitrogen and oxygen atoms in total. The van der Waals surface area contributed by atoms with Crippen molar-refractivity contribution in [1.82, 2.24) is 10.2 Å². The third-order valence-corrected chi connectivity index (χ3v) is 6.63. The number of piperidine rings is 1. The number of nitrogens with one attached hydrogen (secondary N) is 3. The highest BCUT2D eigenvalue weighted by atomic mass is 16.7. The van der Waals surface area contributed by atoms with Crippen LogP contribution in [0.4, 0.5) is 11.4 Å². The number of likely N-dealkylation sites (tertiary alicyclic amines) is 1. The van der Waals surface area contributed by atoms with E-state index < -0.39 is 0 Å². The van der Waals surface area contributed by atoms with Crippen molar-refractivity contribution in [3.8, 4) is 11.5 Å². The van der Waals surface area contributed by atoms with Crippen LogP contribution in [0.2, 0.25) is 0 Å². The van der Waals surface area contributed by atoms with E-state index in [2.05, 4.69) is 29.8 Å². The highest BCUT2D eigenvalue weighted by Crippen LogP contribution is 2.34. The Kier molecular flexibility index (Phi) is 8.43. The molecule has 192 valence electrons. The largest absolute Gasteiger partial charge is 0.454 e. The monoisotopic (exact) mass is 494 g/mol. The third-order valence-electron chi connectivity index (χ3n) is 6.63. The summed E-state index contributed by atoms with van der Waals surface area (Å²) in [4.78, 5) is 40.5. The molecule has 2 atom stereocenters. The number of hydrogen-bond acceptors (Lipinski definition) is 6. The van der Waals surface area contributed by atoms with Crippen molar-refractivity contribution in [2.45, 2.75) is 45.6 Å². The first-order valence-corrected chi connectivity index (χ1v) is 12.6. The Morgan fingerprint density at radius 2 is 1.83 bits per heavy atom. The third kappa shape index (κ3) is 6.34. The lowest BCUT2D eigenvalue weighted by atomic mass is 9.92. The lowest BCUT2D eigenvalue weighted by molar-refractivity contribution is -0.128. The Labute approximate surface area is 211 Å². The highest BCUT2D eigenvalue weighted by Gasteiger charge is 2.31. The molecule has 36 heavy (non-hydrogen) atoms. The minimum absolute atomic E-state index is 0.0614. The maximum atomic E-state index is 13.0. The number of carbonyl (C=O) groups is 3. The van der Waals surface area contributed by atoms with Gasteiger partial charge in [0.2, 0.25) is 18.6 Å². The smallest absolute Gasteiger partial charge is 0.257 e. The molecule has 0 saturated carbocycles. The SMILES string of the molecule is CCCCNC(=O)C1CCC(C)N(CC(=O)Nc2ccccc2C(=O)Nc2ccc3c(c2)OCO3)C1. The van der Waals surface area contributed by atoms with Gasteiger partial charge in [-0.1, -0.05) is 25.5 Å². The van der Waals surface area contributed by atoms with Crippen LogP contribution in [0, 0.1) is 5.92 Å². The van der Waals surface area contributed by atoms with E-state index in [9.17, 15) is 14.4 Å². The summed E-state index contributed by atoms with van der Waals surface area (Å²) in [6.07, 6.45) is 3.67. The number of carbonyl (C=O) groups excluding carboxylic acids is 3. The molecule has 4 rings (SSSR count). The molecule has 0 spiro atoms.